The van der Waals surface area contributed by atoms with Crippen molar-refractivity contribution in [3.63, 3.8) is 0 Å². The molecule has 4 nitrogen and oxygen atoms in total. The molecule has 0 amide bonds. The lowest BCUT2D eigenvalue weighted by Crippen LogP contribution is -2.49. The van der Waals surface area contributed by atoms with Gasteiger partial charge >= 0.3 is 0 Å². The van der Waals surface area contributed by atoms with Crippen molar-refractivity contribution >= 4 is 10.0 Å². The lowest BCUT2D eigenvalue weighted by atomic mass is 9.92. The fourth-order valence-electron chi connectivity index (χ4n) is 2.39. The first-order valence-corrected chi connectivity index (χ1v) is 7.87. The molecule has 16 heavy (non-hydrogen) atoms. The first-order valence-electron chi connectivity index (χ1n) is 6.26. The second-order valence-electron chi connectivity index (χ2n) is 5.20. The summed E-state index contributed by atoms with van der Waals surface area (Å²) in [6.45, 7) is 3.33. The minimum absolute atomic E-state index is 0.178. The second kappa shape index (κ2) is 4.63. The van der Waals surface area contributed by atoms with Crippen LogP contribution in [0.3, 0.4) is 0 Å². The van der Waals surface area contributed by atoms with E-state index in [0.29, 0.717) is 30.7 Å². The highest BCUT2D eigenvalue weighted by Gasteiger charge is 2.36. The van der Waals surface area contributed by atoms with Crippen LogP contribution < -0.4 is 5.73 Å². The molecule has 0 aromatic heterocycles. The average Bonchev–Trinajstić information content (AvgIpc) is 3.01. The Hall–Kier alpha value is -0.130. The lowest BCUT2D eigenvalue weighted by molar-refractivity contribution is 0.230. The van der Waals surface area contributed by atoms with E-state index in [1.807, 2.05) is 0 Å². The van der Waals surface area contributed by atoms with E-state index in [-0.39, 0.29) is 6.04 Å². The van der Waals surface area contributed by atoms with E-state index < -0.39 is 10.0 Å². The smallest absolute Gasteiger partial charge is 0.214 e. The van der Waals surface area contributed by atoms with Crippen molar-refractivity contribution in [2.45, 2.75) is 38.6 Å². The topological polar surface area (TPSA) is 63.4 Å². The molecule has 1 saturated heterocycles. The van der Waals surface area contributed by atoms with Gasteiger partial charge in [0.05, 0.1) is 5.75 Å². The number of hydrogen-bond acceptors (Lipinski definition) is 3. The largest absolute Gasteiger partial charge is 0.327 e. The minimum Gasteiger partial charge on any atom is -0.327 e. The Labute approximate surface area is 98.2 Å². The summed E-state index contributed by atoms with van der Waals surface area (Å²) in [5.74, 6) is 1.13. The van der Waals surface area contributed by atoms with Gasteiger partial charge in [0.1, 0.15) is 0 Å². The van der Waals surface area contributed by atoms with Gasteiger partial charge in [-0.1, -0.05) is 13.3 Å². The Morgan fingerprint density at radius 3 is 2.56 bits per heavy atom. The molecule has 1 aliphatic carbocycles. The van der Waals surface area contributed by atoms with Crippen LogP contribution in [0.5, 0.6) is 0 Å². The van der Waals surface area contributed by atoms with E-state index in [1.54, 1.807) is 4.31 Å². The summed E-state index contributed by atoms with van der Waals surface area (Å²) in [5.41, 5.74) is 5.99. The Morgan fingerprint density at radius 1 is 1.31 bits per heavy atom. The number of rotatable bonds is 4. The highest BCUT2D eigenvalue weighted by Crippen LogP contribution is 2.32. The molecule has 1 aliphatic heterocycles. The highest BCUT2D eigenvalue weighted by molar-refractivity contribution is 7.89. The third kappa shape index (κ3) is 2.76. The predicted octanol–water partition coefficient (Wildman–Crippen LogP) is 0.785. The highest BCUT2D eigenvalue weighted by atomic mass is 32.2. The summed E-state index contributed by atoms with van der Waals surface area (Å²) in [6.07, 6.45) is 3.95. The molecule has 1 saturated carbocycles. The number of piperidine rings is 1. The average molecular weight is 246 g/mol. The summed E-state index contributed by atoms with van der Waals surface area (Å²) in [7, 11) is -3.01. The lowest BCUT2D eigenvalue weighted by Gasteiger charge is -2.35. The first kappa shape index (κ1) is 12.3. The van der Waals surface area contributed by atoms with Crippen molar-refractivity contribution in [1.29, 1.82) is 0 Å². The van der Waals surface area contributed by atoms with Crippen LogP contribution in [0.15, 0.2) is 0 Å². The molecular formula is C11H22N2O2S. The van der Waals surface area contributed by atoms with Crippen molar-refractivity contribution in [3.05, 3.63) is 0 Å². The zero-order valence-corrected chi connectivity index (χ0v) is 10.7. The summed E-state index contributed by atoms with van der Waals surface area (Å²) in [4.78, 5) is 0. The van der Waals surface area contributed by atoms with Crippen LogP contribution in [-0.4, -0.2) is 37.6 Å². The molecule has 2 N–H and O–H groups in total. The standard InChI is InChI=1S/C11H22N2O2S/c1-2-10-7-13(6-5-11(10)12)16(14,15)8-9-3-4-9/h9-11H,2-8,12H2,1H3. The molecule has 0 aromatic carbocycles. The summed E-state index contributed by atoms with van der Waals surface area (Å²) < 4.78 is 25.8. The van der Waals surface area contributed by atoms with Crippen molar-refractivity contribution in [1.82, 2.24) is 4.31 Å². The Balaban J connectivity index is 1.98. The van der Waals surface area contributed by atoms with Crippen LogP contribution >= 0.6 is 0 Å². The molecule has 2 aliphatic rings. The number of nitrogens with zero attached hydrogens (tertiary/aromatic N) is 1. The van der Waals surface area contributed by atoms with Gasteiger partial charge in [0, 0.05) is 19.1 Å². The van der Waals surface area contributed by atoms with Crippen LogP contribution in [0.4, 0.5) is 0 Å². The van der Waals surface area contributed by atoms with E-state index in [4.69, 9.17) is 5.73 Å². The van der Waals surface area contributed by atoms with Gasteiger partial charge in [0.25, 0.3) is 0 Å². The van der Waals surface area contributed by atoms with E-state index in [0.717, 1.165) is 25.7 Å². The Kier molecular flexibility index (Phi) is 3.56. The predicted molar refractivity (Wildman–Crippen MR) is 64.5 cm³/mol. The van der Waals surface area contributed by atoms with E-state index in [1.165, 1.54) is 0 Å². The molecule has 2 atom stereocenters. The number of hydrogen-bond donors (Lipinski definition) is 1. The normalized spacial score (nSPS) is 32.9. The third-order valence-corrected chi connectivity index (χ3v) is 5.83. The van der Waals surface area contributed by atoms with Crippen molar-refractivity contribution in [2.75, 3.05) is 18.8 Å². The fraction of sp³-hybridized carbons (Fsp3) is 1.00. The van der Waals surface area contributed by atoms with Gasteiger partial charge in [-0.2, -0.15) is 0 Å². The molecule has 94 valence electrons. The van der Waals surface area contributed by atoms with Gasteiger partial charge in [-0.25, -0.2) is 12.7 Å². The molecular weight excluding hydrogens is 224 g/mol. The molecule has 2 rings (SSSR count). The number of nitrogens with two attached hydrogens (primary N) is 1. The van der Waals surface area contributed by atoms with Gasteiger partial charge in [0.15, 0.2) is 0 Å². The number of sulfonamides is 1. The molecule has 0 spiro atoms. The molecule has 1 heterocycles. The van der Waals surface area contributed by atoms with Crippen LogP contribution in [-0.2, 0) is 10.0 Å². The SMILES string of the molecule is CCC1CN(S(=O)(=O)CC2CC2)CCC1N. The third-order valence-electron chi connectivity index (χ3n) is 3.82. The first-order chi connectivity index (χ1) is 7.53. The minimum atomic E-state index is -3.01. The molecule has 2 fully saturated rings. The molecule has 0 aromatic rings. The molecule has 0 bridgehead atoms. The van der Waals surface area contributed by atoms with Crippen LogP contribution in [0, 0.1) is 11.8 Å². The maximum atomic E-state index is 12.1. The van der Waals surface area contributed by atoms with Crippen molar-refractivity contribution in [3.8, 4) is 0 Å². The molecule has 2 unspecified atom stereocenters. The van der Waals surface area contributed by atoms with E-state index in [9.17, 15) is 8.42 Å². The summed E-state index contributed by atoms with van der Waals surface area (Å²) >= 11 is 0. The second-order valence-corrected chi connectivity index (χ2v) is 7.21. The zero-order chi connectivity index (χ0) is 11.8. The quantitative estimate of drug-likeness (QED) is 0.797. The van der Waals surface area contributed by atoms with Crippen LogP contribution in [0.1, 0.15) is 32.6 Å². The maximum Gasteiger partial charge on any atom is 0.214 e. The summed E-state index contributed by atoms with van der Waals surface area (Å²) in [5, 5.41) is 0. The van der Waals surface area contributed by atoms with E-state index >= 15 is 0 Å². The molecule has 0 radical (unpaired) electrons. The van der Waals surface area contributed by atoms with Gasteiger partial charge in [-0.3, -0.25) is 0 Å². The van der Waals surface area contributed by atoms with Gasteiger partial charge in [-0.15, -0.1) is 0 Å². The van der Waals surface area contributed by atoms with Crippen LogP contribution in [0.2, 0.25) is 0 Å². The van der Waals surface area contributed by atoms with Gasteiger partial charge < -0.3 is 5.73 Å². The zero-order valence-electron chi connectivity index (χ0n) is 9.93. The van der Waals surface area contributed by atoms with Crippen molar-refractivity contribution < 1.29 is 8.42 Å². The van der Waals surface area contributed by atoms with Gasteiger partial charge in [-0.05, 0) is 31.1 Å². The fourth-order valence-corrected chi connectivity index (χ4v) is 4.33. The van der Waals surface area contributed by atoms with Crippen LogP contribution in [0.25, 0.3) is 0 Å². The molecule has 5 heteroatoms. The maximum absolute atomic E-state index is 12.1. The van der Waals surface area contributed by atoms with Gasteiger partial charge in [0.2, 0.25) is 10.0 Å². The Morgan fingerprint density at radius 2 is 2.00 bits per heavy atom. The monoisotopic (exact) mass is 246 g/mol. The Bertz CT molecular complexity index is 338. The van der Waals surface area contributed by atoms with Crippen molar-refractivity contribution in [2.24, 2.45) is 17.6 Å². The summed E-state index contributed by atoms with van der Waals surface area (Å²) in [6, 6.07) is 0.178. The van der Waals surface area contributed by atoms with E-state index in [2.05, 4.69) is 6.92 Å².